The van der Waals surface area contributed by atoms with Crippen LogP contribution in [0.25, 0.3) is 0 Å². The van der Waals surface area contributed by atoms with E-state index in [-0.39, 0.29) is 30.9 Å². The number of hydrogen-bond acceptors (Lipinski definition) is 11. The maximum absolute atomic E-state index is 11.1. The lowest BCUT2D eigenvalue weighted by Gasteiger charge is -2.07. The van der Waals surface area contributed by atoms with Gasteiger partial charge in [-0.15, -0.1) is 0 Å². The van der Waals surface area contributed by atoms with Crippen LogP contribution < -0.4 is 4.72 Å². The molecule has 0 unspecified atom stereocenters. The molecule has 0 aromatic carbocycles. The number of hydrogen-bond donors (Lipinski definition) is 3. The van der Waals surface area contributed by atoms with Gasteiger partial charge in [-0.25, -0.2) is 23.1 Å². The molecule has 0 saturated carbocycles. The zero-order valence-electron chi connectivity index (χ0n) is 16.1. The Morgan fingerprint density at radius 2 is 1.27 bits per heavy atom. The van der Waals surface area contributed by atoms with Crippen LogP contribution in [0, 0.1) is 0 Å². The number of aromatic nitrogens is 3. The van der Waals surface area contributed by atoms with Crippen molar-refractivity contribution >= 4 is 53.8 Å². The van der Waals surface area contributed by atoms with Crippen LogP contribution in [0.15, 0.2) is 10.3 Å². The molecule has 0 aliphatic heterocycles. The molecular weight excluding hydrogens is 500 g/mol. The highest BCUT2D eigenvalue weighted by molar-refractivity contribution is 7.99. The Bertz CT molecular complexity index is 858. The molecule has 0 aliphatic rings. The smallest absolute Gasteiger partial charge is 0.264 e. The average molecular weight is 525 g/mol. The monoisotopic (exact) mass is 524 g/mol. The molecule has 174 valence electrons. The second-order valence-electron chi connectivity index (χ2n) is 6.06. The van der Waals surface area contributed by atoms with Gasteiger partial charge in [-0.2, -0.15) is 21.8 Å². The van der Waals surface area contributed by atoms with E-state index < -0.39 is 30.3 Å². The molecule has 0 aliphatic carbocycles. The minimum absolute atomic E-state index is 0.194. The summed E-state index contributed by atoms with van der Waals surface area (Å²) in [6.45, 7) is 0.207. The Labute approximate surface area is 185 Å². The summed E-state index contributed by atoms with van der Waals surface area (Å²) >= 11 is 2.36. The summed E-state index contributed by atoms with van der Waals surface area (Å²) < 4.78 is 85.2. The van der Waals surface area contributed by atoms with Gasteiger partial charge >= 0.3 is 0 Å². The molecule has 0 bridgehead atoms. The van der Waals surface area contributed by atoms with Crippen molar-refractivity contribution in [3.63, 3.8) is 0 Å². The Hall–Kier alpha value is -0.560. The first-order valence-corrected chi connectivity index (χ1v) is 15.7. The minimum atomic E-state index is -4.05. The predicted molar refractivity (Wildman–Crippen MR) is 115 cm³/mol. The van der Waals surface area contributed by atoms with Gasteiger partial charge in [0.2, 0.25) is 10.0 Å². The van der Waals surface area contributed by atoms with Crippen LogP contribution in [0.4, 0.5) is 0 Å². The van der Waals surface area contributed by atoms with E-state index in [2.05, 4.69) is 19.7 Å². The molecule has 0 atom stereocenters. The van der Waals surface area contributed by atoms with Crippen molar-refractivity contribution in [3.8, 4) is 0 Å². The Balaban J connectivity index is 2.73. The molecule has 0 saturated heterocycles. The molecule has 17 heteroatoms. The summed E-state index contributed by atoms with van der Waals surface area (Å²) in [5, 5.41) is 0.673. The average Bonchev–Trinajstić information content (AvgIpc) is 2.57. The Morgan fingerprint density at radius 1 is 0.800 bits per heavy atom. The first kappa shape index (κ1) is 27.5. The van der Waals surface area contributed by atoms with Crippen LogP contribution in [0.2, 0.25) is 0 Å². The summed E-state index contributed by atoms with van der Waals surface area (Å²) in [7, 11) is -11.4. The molecule has 1 aromatic rings. The highest BCUT2D eigenvalue weighted by atomic mass is 32.2. The molecular formula is C13H24N4O8S5. The van der Waals surface area contributed by atoms with Gasteiger partial charge in [0.15, 0.2) is 10.3 Å². The molecule has 1 rings (SSSR count). The molecule has 30 heavy (non-hydrogen) atoms. The normalized spacial score (nSPS) is 12.9. The van der Waals surface area contributed by atoms with Crippen molar-refractivity contribution in [1.29, 1.82) is 0 Å². The third-order valence-electron chi connectivity index (χ3n) is 3.14. The second-order valence-corrected chi connectivity index (χ2v) is 13.2. The van der Waals surface area contributed by atoms with Gasteiger partial charge in [0.25, 0.3) is 20.2 Å². The number of nitrogens with zero attached hydrogens (tertiary/aromatic N) is 3. The highest BCUT2D eigenvalue weighted by Gasteiger charge is 2.11. The molecule has 0 fully saturated rings. The van der Waals surface area contributed by atoms with Crippen LogP contribution >= 0.6 is 23.5 Å². The Morgan fingerprint density at radius 3 is 1.67 bits per heavy atom. The standard InChI is InChI=1S/C13H24N4O8S5/c1-28(18,19)14-6-2-5-11-15-12(26-7-3-9-29(20,21)22)17-13(16-11)27-8-4-10-30(23,24)25/h14H,2-10H2,1H3,(H,20,21,22)(H,23,24,25). The number of thioether (sulfide) groups is 2. The first-order chi connectivity index (χ1) is 13.7. The van der Waals surface area contributed by atoms with Crippen molar-refractivity contribution < 1.29 is 34.4 Å². The lowest BCUT2D eigenvalue weighted by Crippen LogP contribution is -2.23. The molecule has 1 aromatic heterocycles. The molecule has 1 heterocycles. The van der Waals surface area contributed by atoms with Gasteiger partial charge in [0.05, 0.1) is 17.8 Å². The summed E-state index contributed by atoms with van der Waals surface area (Å²) in [6.07, 6.45) is 2.25. The van der Waals surface area contributed by atoms with Gasteiger partial charge < -0.3 is 0 Å². The van der Waals surface area contributed by atoms with Crippen LogP contribution in [-0.4, -0.2) is 85.1 Å². The quantitative estimate of drug-likeness (QED) is 0.159. The van der Waals surface area contributed by atoms with E-state index in [9.17, 15) is 25.3 Å². The van der Waals surface area contributed by atoms with E-state index in [4.69, 9.17) is 9.11 Å². The Kier molecular flexibility index (Phi) is 11.4. The van der Waals surface area contributed by atoms with Crippen LogP contribution in [0.3, 0.4) is 0 Å². The van der Waals surface area contributed by atoms with Crippen molar-refractivity contribution in [2.75, 3.05) is 35.8 Å². The molecule has 3 N–H and O–H groups in total. The molecule has 0 radical (unpaired) electrons. The van der Waals surface area contributed by atoms with Crippen molar-refractivity contribution in [2.45, 2.75) is 36.0 Å². The van der Waals surface area contributed by atoms with Crippen molar-refractivity contribution in [2.24, 2.45) is 0 Å². The van der Waals surface area contributed by atoms with Crippen LogP contribution in [0.1, 0.15) is 25.1 Å². The fourth-order valence-corrected chi connectivity index (χ4v) is 5.47. The highest BCUT2D eigenvalue weighted by Crippen LogP contribution is 2.20. The zero-order valence-corrected chi connectivity index (χ0v) is 20.2. The second kappa shape index (κ2) is 12.5. The first-order valence-electron chi connectivity index (χ1n) is 8.59. The van der Waals surface area contributed by atoms with Gasteiger partial charge in [-0.1, -0.05) is 23.5 Å². The van der Waals surface area contributed by atoms with Gasteiger partial charge in [-0.3, -0.25) is 9.11 Å². The van der Waals surface area contributed by atoms with E-state index in [0.29, 0.717) is 40.5 Å². The third-order valence-corrected chi connectivity index (χ3v) is 7.34. The van der Waals surface area contributed by atoms with Crippen LogP contribution in [-0.2, 0) is 36.7 Å². The fourth-order valence-electron chi connectivity index (χ4n) is 1.93. The summed E-state index contributed by atoms with van der Waals surface area (Å²) in [5.74, 6) is 0.325. The predicted octanol–water partition coefficient (Wildman–Crippen LogP) is 0.0934. The van der Waals surface area contributed by atoms with Gasteiger partial charge in [-0.05, 0) is 19.3 Å². The third kappa shape index (κ3) is 15.3. The largest absolute Gasteiger partial charge is 0.286 e. The summed E-state index contributed by atoms with van der Waals surface area (Å²) in [6, 6.07) is 0. The van der Waals surface area contributed by atoms with Gasteiger partial charge in [0, 0.05) is 24.5 Å². The number of nitrogens with one attached hydrogen (secondary N) is 1. The van der Waals surface area contributed by atoms with Crippen molar-refractivity contribution in [3.05, 3.63) is 5.82 Å². The number of rotatable bonds is 15. The summed E-state index contributed by atoms with van der Waals surface area (Å²) in [4.78, 5) is 12.8. The molecule has 0 spiro atoms. The number of sulfonamides is 1. The maximum Gasteiger partial charge on any atom is 0.264 e. The van der Waals surface area contributed by atoms with Crippen LogP contribution in [0.5, 0.6) is 0 Å². The maximum atomic E-state index is 11.1. The van der Waals surface area contributed by atoms with E-state index in [1.54, 1.807) is 0 Å². The molecule has 0 amide bonds. The minimum Gasteiger partial charge on any atom is -0.286 e. The van der Waals surface area contributed by atoms with Crippen molar-refractivity contribution in [1.82, 2.24) is 19.7 Å². The van der Waals surface area contributed by atoms with E-state index >= 15 is 0 Å². The lowest BCUT2D eigenvalue weighted by atomic mass is 10.3. The zero-order chi connectivity index (χ0) is 22.8. The van der Waals surface area contributed by atoms with E-state index in [1.807, 2.05) is 0 Å². The van der Waals surface area contributed by atoms with E-state index in [1.165, 1.54) is 23.5 Å². The van der Waals surface area contributed by atoms with E-state index in [0.717, 1.165) is 6.26 Å². The summed E-state index contributed by atoms with van der Waals surface area (Å²) in [5.41, 5.74) is 0. The fraction of sp³-hybridized carbons (Fsp3) is 0.769. The van der Waals surface area contributed by atoms with Gasteiger partial charge in [0.1, 0.15) is 5.82 Å². The SMILES string of the molecule is CS(=O)(=O)NCCCc1nc(SCCCS(=O)(=O)O)nc(SCCCS(=O)(=O)O)n1. The lowest BCUT2D eigenvalue weighted by molar-refractivity contribution is 0.480. The number of aryl methyl sites for hydroxylation is 1. The molecule has 12 nitrogen and oxygen atoms in total. The topological polar surface area (TPSA) is 194 Å².